The topological polar surface area (TPSA) is 70.4 Å². The van der Waals surface area contributed by atoms with Crippen LogP contribution in [0.3, 0.4) is 0 Å². The van der Waals surface area contributed by atoms with Crippen molar-refractivity contribution in [3.8, 4) is 0 Å². The van der Waals surface area contributed by atoms with Gasteiger partial charge in [0.05, 0.1) is 6.54 Å². The summed E-state index contributed by atoms with van der Waals surface area (Å²) in [6, 6.07) is 0.765. The number of rotatable bonds is 9. The molecule has 0 atom stereocenters. The molecule has 8 heteroatoms. The second-order valence-electron chi connectivity index (χ2n) is 7.59. The van der Waals surface area contributed by atoms with Crippen LogP contribution in [0, 0.1) is 0 Å². The van der Waals surface area contributed by atoms with Crippen molar-refractivity contribution >= 4 is 5.91 Å². The quantitative estimate of drug-likeness (QED) is 0.657. The Bertz CT molecular complexity index is 537. The van der Waals surface area contributed by atoms with Crippen molar-refractivity contribution in [3.05, 3.63) is 5.82 Å². The Hall–Kier alpha value is -1.54. The zero-order valence-corrected chi connectivity index (χ0v) is 16.4. The van der Waals surface area contributed by atoms with E-state index < -0.39 is 0 Å². The van der Waals surface area contributed by atoms with Gasteiger partial charge in [0.1, 0.15) is 6.54 Å². The van der Waals surface area contributed by atoms with Gasteiger partial charge in [-0.2, -0.15) is 0 Å². The average Bonchev–Trinajstić information content (AvgIpc) is 3.20. The van der Waals surface area contributed by atoms with Crippen LogP contribution in [-0.4, -0.2) is 87.1 Å². The molecule has 1 saturated carbocycles. The van der Waals surface area contributed by atoms with Crippen molar-refractivity contribution in [2.24, 2.45) is 0 Å². The highest BCUT2D eigenvalue weighted by molar-refractivity contribution is 5.76. The average molecular weight is 351 g/mol. The van der Waals surface area contributed by atoms with Gasteiger partial charge in [0.25, 0.3) is 0 Å². The predicted octanol–water partition coefficient (Wildman–Crippen LogP) is 0.846. The fourth-order valence-corrected chi connectivity index (χ4v) is 3.12. The number of amides is 1. The molecule has 25 heavy (non-hydrogen) atoms. The fourth-order valence-electron chi connectivity index (χ4n) is 3.12. The molecule has 1 aliphatic carbocycles. The van der Waals surface area contributed by atoms with Crippen molar-refractivity contribution in [1.82, 2.24) is 34.9 Å². The van der Waals surface area contributed by atoms with E-state index in [9.17, 15) is 4.79 Å². The first-order valence-corrected chi connectivity index (χ1v) is 9.28. The minimum Gasteiger partial charge on any atom is -0.337 e. The van der Waals surface area contributed by atoms with Crippen LogP contribution in [0.15, 0.2) is 0 Å². The van der Waals surface area contributed by atoms with Gasteiger partial charge >= 0.3 is 0 Å². The molecule has 1 aromatic rings. The number of likely N-dealkylation sites (N-methyl/N-ethyl adjacent to an activating group) is 1. The molecule has 1 aromatic heterocycles. The van der Waals surface area contributed by atoms with Gasteiger partial charge in [0.15, 0.2) is 5.82 Å². The Labute approximate surface area is 151 Å². The lowest BCUT2D eigenvalue weighted by Crippen LogP contribution is -2.44. The van der Waals surface area contributed by atoms with Crippen LogP contribution in [0.1, 0.15) is 45.4 Å². The SMILES string of the molecule is CC(C)N(C)Cc1nnnn1CC(=O)N(CCN(C)C)C1CCCC1. The van der Waals surface area contributed by atoms with Crippen molar-refractivity contribution in [3.63, 3.8) is 0 Å². The molecule has 0 bridgehead atoms. The first kappa shape index (κ1) is 19.8. The summed E-state index contributed by atoms with van der Waals surface area (Å²) in [5.74, 6) is 0.859. The van der Waals surface area contributed by atoms with Crippen molar-refractivity contribution in [2.75, 3.05) is 34.2 Å². The normalized spacial score (nSPS) is 15.7. The maximum atomic E-state index is 13.0. The summed E-state index contributed by atoms with van der Waals surface area (Å²) in [4.78, 5) is 19.3. The van der Waals surface area contributed by atoms with E-state index >= 15 is 0 Å². The monoisotopic (exact) mass is 351 g/mol. The molecular weight excluding hydrogens is 318 g/mol. The minimum atomic E-state index is 0.120. The third-order valence-corrected chi connectivity index (χ3v) is 5.04. The third-order valence-electron chi connectivity index (χ3n) is 5.04. The van der Waals surface area contributed by atoms with Crippen LogP contribution in [0.5, 0.6) is 0 Å². The second-order valence-corrected chi connectivity index (χ2v) is 7.59. The molecule has 8 nitrogen and oxygen atoms in total. The highest BCUT2D eigenvalue weighted by Gasteiger charge is 2.27. The van der Waals surface area contributed by atoms with Gasteiger partial charge in [-0.25, -0.2) is 4.68 Å². The van der Waals surface area contributed by atoms with Gasteiger partial charge in [-0.15, -0.1) is 5.10 Å². The smallest absolute Gasteiger partial charge is 0.244 e. The summed E-state index contributed by atoms with van der Waals surface area (Å²) in [7, 11) is 6.12. The van der Waals surface area contributed by atoms with Gasteiger partial charge in [0, 0.05) is 25.2 Å². The van der Waals surface area contributed by atoms with E-state index in [4.69, 9.17) is 0 Å². The number of hydrogen-bond donors (Lipinski definition) is 0. The maximum absolute atomic E-state index is 13.0. The highest BCUT2D eigenvalue weighted by atomic mass is 16.2. The first-order chi connectivity index (χ1) is 11.9. The summed E-state index contributed by atoms with van der Waals surface area (Å²) in [5.41, 5.74) is 0. The molecule has 0 aromatic carbocycles. The number of nitrogens with zero attached hydrogens (tertiary/aromatic N) is 7. The van der Waals surface area contributed by atoms with E-state index in [1.54, 1.807) is 4.68 Å². The van der Waals surface area contributed by atoms with Crippen LogP contribution in [0.4, 0.5) is 0 Å². The Kier molecular flexibility index (Phi) is 7.31. The number of carbonyl (C=O) groups excluding carboxylic acids is 1. The van der Waals surface area contributed by atoms with Gasteiger partial charge in [-0.05, 0) is 58.3 Å². The van der Waals surface area contributed by atoms with Gasteiger partial charge in [0.2, 0.25) is 5.91 Å². The number of carbonyl (C=O) groups is 1. The molecule has 0 saturated heterocycles. The first-order valence-electron chi connectivity index (χ1n) is 9.28. The Morgan fingerprint density at radius 3 is 2.48 bits per heavy atom. The van der Waals surface area contributed by atoms with Crippen molar-refractivity contribution < 1.29 is 4.79 Å². The van der Waals surface area contributed by atoms with E-state index in [0.29, 0.717) is 18.6 Å². The summed E-state index contributed by atoms with van der Waals surface area (Å²) in [6.45, 7) is 6.75. The number of aromatic nitrogens is 4. The highest BCUT2D eigenvalue weighted by Crippen LogP contribution is 2.23. The molecular formula is C17H33N7O. The molecule has 0 unspecified atom stereocenters. The number of hydrogen-bond acceptors (Lipinski definition) is 6. The second kappa shape index (κ2) is 9.24. The van der Waals surface area contributed by atoms with Crippen LogP contribution in [0.25, 0.3) is 0 Å². The van der Waals surface area contributed by atoms with E-state index in [-0.39, 0.29) is 12.5 Å². The van der Waals surface area contributed by atoms with Gasteiger partial charge in [-0.1, -0.05) is 12.8 Å². The van der Waals surface area contributed by atoms with Crippen LogP contribution in [-0.2, 0) is 17.9 Å². The summed E-state index contributed by atoms with van der Waals surface area (Å²) in [6.07, 6.45) is 4.65. The lowest BCUT2D eigenvalue weighted by Gasteiger charge is -2.30. The summed E-state index contributed by atoms with van der Waals surface area (Å²) in [5, 5.41) is 11.9. The Morgan fingerprint density at radius 2 is 1.88 bits per heavy atom. The lowest BCUT2D eigenvalue weighted by atomic mass is 10.2. The molecule has 1 fully saturated rings. The summed E-state index contributed by atoms with van der Waals surface area (Å²) < 4.78 is 1.65. The lowest BCUT2D eigenvalue weighted by molar-refractivity contribution is -0.134. The van der Waals surface area contributed by atoms with Crippen molar-refractivity contribution in [2.45, 2.75) is 64.7 Å². The molecule has 1 aliphatic rings. The summed E-state index contributed by atoms with van der Waals surface area (Å²) >= 11 is 0. The zero-order chi connectivity index (χ0) is 18.4. The van der Waals surface area contributed by atoms with E-state index in [1.807, 2.05) is 26.0 Å². The van der Waals surface area contributed by atoms with Crippen LogP contribution < -0.4 is 0 Å². The number of tetrazole rings is 1. The van der Waals surface area contributed by atoms with Crippen molar-refractivity contribution in [1.29, 1.82) is 0 Å². The fraction of sp³-hybridized carbons (Fsp3) is 0.882. The standard InChI is InChI=1S/C17H33N7O/c1-14(2)22(5)12-16-18-19-20-24(16)13-17(25)23(11-10-21(3)4)15-8-6-7-9-15/h14-15H,6-13H2,1-5H3. The largest absolute Gasteiger partial charge is 0.337 e. The molecule has 0 N–H and O–H groups in total. The predicted molar refractivity (Wildman–Crippen MR) is 96.9 cm³/mol. The maximum Gasteiger partial charge on any atom is 0.244 e. The Morgan fingerprint density at radius 1 is 1.20 bits per heavy atom. The molecule has 2 rings (SSSR count). The van der Waals surface area contributed by atoms with Gasteiger partial charge in [-0.3, -0.25) is 9.69 Å². The van der Waals surface area contributed by atoms with E-state index in [2.05, 4.69) is 39.2 Å². The molecule has 0 aliphatic heterocycles. The van der Waals surface area contributed by atoms with Gasteiger partial charge < -0.3 is 9.80 Å². The van der Waals surface area contributed by atoms with Crippen LogP contribution >= 0.6 is 0 Å². The Balaban J connectivity index is 2.03. The molecule has 1 heterocycles. The van der Waals surface area contributed by atoms with E-state index in [1.165, 1.54) is 12.8 Å². The molecule has 0 spiro atoms. The zero-order valence-electron chi connectivity index (χ0n) is 16.4. The molecule has 0 radical (unpaired) electrons. The molecule has 142 valence electrons. The van der Waals surface area contributed by atoms with Crippen LogP contribution in [0.2, 0.25) is 0 Å². The van der Waals surface area contributed by atoms with E-state index in [0.717, 1.165) is 31.8 Å². The molecule has 1 amide bonds. The third kappa shape index (κ3) is 5.74. The minimum absolute atomic E-state index is 0.120.